The number of anilines is 1. The van der Waals surface area contributed by atoms with Crippen LogP contribution in [-0.2, 0) is 11.0 Å². The summed E-state index contributed by atoms with van der Waals surface area (Å²) in [6, 6.07) is 3.22. The van der Waals surface area contributed by atoms with Crippen LogP contribution in [-0.4, -0.2) is 33.8 Å². The van der Waals surface area contributed by atoms with Gasteiger partial charge in [-0.15, -0.1) is 0 Å². The Balaban J connectivity index is 0.000000550. The molecule has 1 fully saturated rings. The fourth-order valence-electron chi connectivity index (χ4n) is 2.49. The number of nitrogens with one attached hydrogen (secondary N) is 1. The lowest BCUT2D eigenvalue weighted by molar-refractivity contribution is -0.388. The second-order valence-corrected chi connectivity index (χ2v) is 5.52. The largest absolute Gasteiger partial charge is 0.480 e. The van der Waals surface area contributed by atoms with Crippen LogP contribution >= 0.6 is 0 Å². The monoisotopic (exact) mass is 364 g/mol. The molecule has 0 radical (unpaired) electrons. The lowest BCUT2D eigenvalue weighted by Gasteiger charge is -2.24. The van der Waals surface area contributed by atoms with Crippen LogP contribution in [0.15, 0.2) is 18.2 Å². The van der Waals surface area contributed by atoms with Crippen molar-refractivity contribution in [1.29, 1.82) is 0 Å². The summed E-state index contributed by atoms with van der Waals surface area (Å²) >= 11 is 0. The van der Waals surface area contributed by atoms with E-state index in [9.17, 15) is 23.3 Å². The number of nitrogens with zero attached hydrogens (tertiary/aromatic N) is 1. The van der Waals surface area contributed by atoms with Crippen molar-refractivity contribution >= 4 is 17.3 Å². The van der Waals surface area contributed by atoms with Crippen molar-refractivity contribution in [3.05, 3.63) is 33.9 Å². The van der Waals surface area contributed by atoms with Gasteiger partial charge in [0.1, 0.15) is 12.2 Å². The van der Waals surface area contributed by atoms with Gasteiger partial charge in [-0.3, -0.25) is 10.1 Å². The van der Waals surface area contributed by atoms with Gasteiger partial charge in [-0.25, -0.2) is 4.79 Å². The van der Waals surface area contributed by atoms with Crippen molar-refractivity contribution in [3.63, 3.8) is 0 Å². The second-order valence-electron chi connectivity index (χ2n) is 5.52. The Bertz CT molecular complexity index is 601. The van der Waals surface area contributed by atoms with Crippen molar-refractivity contribution in [2.45, 2.75) is 44.3 Å². The average Bonchev–Trinajstić information content (AvgIpc) is 2.55. The smallest absolute Gasteiger partial charge is 0.423 e. The van der Waals surface area contributed by atoms with E-state index in [1.807, 2.05) is 0 Å². The zero-order valence-corrected chi connectivity index (χ0v) is 13.3. The summed E-state index contributed by atoms with van der Waals surface area (Å²) in [5.41, 5.74) is -1.83. The summed E-state index contributed by atoms with van der Waals surface area (Å²) < 4.78 is 38.5. The minimum atomic E-state index is -4.73. The third-order valence-electron chi connectivity index (χ3n) is 3.61. The summed E-state index contributed by atoms with van der Waals surface area (Å²) in [5, 5.41) is 28.7. The Kier molecular flexibility index (Phi) is 7.62. The number of aliphatic hydroxyl groups is 1. The van der Waals surface area contributed by atoms with Gasteiger partial charge >= 0.3 is 12.1 Å². The molecular formula is C15H19F3N2O5. The molecule has 25 heavy (non-hydrogen) atoms. The Morgan fingerprint density at radius 1 is 1.28 bits per heavy atom. The van der Waals surface area contributed by atoms with Crippen molar-refractivity contribution < 1.29 is 33.1 Å². The first-order valence-electron chi connectivity index (χ1n) is 7.60. The number of nitro groups is 1. The lowest BCUT2D eigenvalue weighted by Crippen LogP contribution is -2.22. The van der Waals surface area contributed by atoms with Gasteiger partial charge in [0.05, 0.1) is 4.92 Å². The minimum Gasteiger partial charge on any atom is -0.480 e. The molecule has 1 aromatic carbocycles. The van der Waals surface area contributed by atoms with Crippen LogP contribution in [0.25, 0.3) is 0 Å². The maximum absolute atomic E-state index is 12.8. The van der Waals surface area contributed by atoms with Gasteiger partial charge in [0.25, 0.3) is 5.69 Å². The molecule has 0 spiro atoms. The number of nitro benzene ring substituents is 1. The highest BCUT2D eigenvalue weighted by Crippen LogP contribution is 2.38. The second kappa shape index (κ2) is 9.21. The molecule has 1 aromatic rings. The highest BCUT2D eigenvalue weighted by molar-refractivity contribution is 5.67. The number of aliphatic hydroxyl groups excluding tert-OH is 1. The molecule has 0 unspecified atom stereocenters. The lowest BCUT2D eigenvalue weighted by atomic mass is 9.95. The van der Waals surface area contributed by atoms with Gasteiger partial charge < -0.3 is 15.5 Å². The van der Waals surface area contributed by atoms with Crippen LogP contribution in [0.4, 0.5) is 24.5 Å². The van der Waals surface area contributed by atoms with E-state index >= 15 is 0 Å². The van der Waals surface area contributed by atoms with E-state index < -0.39 is 34.9 Å². The highest BCUT2D eigenvalue weighted by Gasteiger charge is 2.38. The molecule has 1 aliphatic carbocycles. The Morgan fingerprint density at radius 2 is 1.84 bits per heavy atom. The summed E-state index contributed by atoms with van der Waals surface area (Å²) in [7, 11) is 0. The molecule has 3 N–H and O–H groups in total. The van der Waals surface area contributed by atoms with Crippen LogP contribution in [0.3, 0.4) is 0 Å². The van der Waals surface area contributed by atoms with Crippen molar-refractivity contribution in [3.8, 4) is 0 Å². The number of hydrogen-bond acceptors (Lipinski definition) is 5. The third-order valence-corrected chi connectivity index (χ3v) is 3.61. The van der Waals surface area contributed by atoms with Crippen LogP contribution in [0.5, 0.6) is 0 Å². The normalized spacial score (nSPS) is 15.0. The zero-order valence-electron chi connectivity index (χ0n) is 13.3. The number of hydrogen-bond donors (Lipinski definition) is 3. The molecule has 1 saturated carbocycles. The fourth-order valence-corrected chi connectivity index (χ4v) is 2.49. The van der Waals surface area contributed by atoms with Gasteiger partial charge in [0.15, 0.2) is 0 Å². The van der Waals surface area contributed by atoms with Crippen molar-refractivity contribution in [2.75, 3.05) is 11.9 Å². The summed E-state index contributed by atoms with van der Waals surface area (Å²) in [5.74, 6) is -1.19. The first-order valence-corrected chi connectivity index (χ1v) is 7.60. The molecule has 0 bridgehead atoms. The number of benzene rings is 1. The van der Waals surface area contributed by atoms with Crippen LogP contribution in [0, 0.1) is 10.1 Å². The van der Waals surface area contributed by atoms with Gasteiger partial charge in [0.2, 0.25) is 0 Å². The number of carbonyl (C=O) groups is 1. The third kappa shape index (κ3) is 6.96. The number of rotatable bonds is 4. The molecule has 0 amide bonds. The Morgan fingerprint density at radius 3 is 2.28 bits per heavy atom. The van der Waals surface area contributed by atoms with Gasteiger partial charge in [-0.05, 0) is 25.0 Å². The molecule has 2 rings (SSSR count). The molecule has 0 saturated heterocycles. The minimum absolute atomic E-state index is 0.145. The number of aliphatic carboxylic acids is 1. The first kappa shape index (κ1) is 20.7. The molecule has 0 aromatic heterocycles. The standard InChI is InChI=1S/C13H15F3N2O2.C2H4O3/c14-13(15,16)11-8-10(6-7-12(11)18(19)20)17-9-4-2-1-3-5-9;3-1-2(4)5/h6-9,17H,1-5H2;3H,1H2,(H,4,5). The van der Waals surface area contributed by atoms with Crippen LogP contribution < -0.4 is 5.32 Å². The van der Waals surface area contributed by atoms with Crippen LogP contribution in [0.1, 0.15) is 37.7 Å². The van der Waals surface area contributed by atoms with E-state index in [0.29, 0.717) is 0 Å². The van der Waals surface area contributed by atoms with Gasteiger partial charge in [-0.1, -0.05) is 19.3 Å². The van der Waals surface area contributed by atoms with Gasteiger partial charge in [-0.2, -0.15) is 13.2 Å². The molecule has 1 aliphatic rings. The van der Waals surface area contributed by atoms with E-state index in [1.54, 1.807) is 0 Å². The summed E-state index contributed by atoms with van der Waals surface area (Å²) in [6.07, 6.45) is 0.350. The molecule has 0 heterocycles. The number of carboxylic acids is 1. The van der Waals surface area contributed by atoms with Crippen molar-refractivity contribution in [1.82, 2.24) is 0 Å². The van der Waals surface area contributed by atoms with Gasteiger partial charge in [0, 0.05) is 17.8 Å². The molecule has 0 atom stereocenters. The fraction of sp³-hybridized carbons (Fsp3) is 0.533. The van der Waals surface area contributed by atoms with E-state index in [2.05, 4.69) is 5.32 Å². The topological polar surface area (TPSA) is 113 Å². The maximum Gasteiger partial charge on any atom is 0.423 e. The predicted molar refractivity (Wildman–Crippen MR) is 83.3 cm³/mol. The molecular weight excluding hydrogens is 345 g/mol. The molecule has 10 heteroatoms. The van der Waals surface area contributed by atoms with E-state index in [4.69, 9.17) is 15.0 Å². The first-order chi connectivity index (χ1) is 11.6. The van der Waals surface area contributed by atoms with E-state index in [1.165, 1.54) is 6.07 Å². The summed E-state index contributed by atoms with van der Waals surface area (Å²) in [4.78, 5) is 18.8. The Labute approximate surface area is 141 Å². The molecule has 7 nitrogen and oxygen atoms in total. The van der Waals surface area contributed by atoms with E-state index in [0.717, 1.165) is 44.2 Å². The van der Waals surface area contributed by atoms with Crippen LogP contribution in [0.2, 0.25) is 0 Å². The predicted octanol–water partition coefficient (Wildman–Crippen LogP) is 3.42. The number of carboxylic acid groups (broad SMARTS) is 1. The van der Waals surface area contributed by atoms with E-state index in [-0.39, 0.29) is 11.7 Å². The number of alkyl halides is 3. The zero-order chi connectivity index (χ0) is 19.0. The maximum atomic E-state index is 12.8. The Hall–Kier alpha value is -2.36. The SMILES string of the molecule is O=C(O)CO.O=[N+]([O-])c1ccc(NC2CCCCC2)cc1C(F)(F)F. The molecule has 0 aliphatic heterocycles. The molecule has 140 valence electrons. The number of halogens is 3. The highest BCUT2D eigenvalue weighted by atomic mass is 19.4. The van der Waals surface area contributed by atoms with Crippen molar-refractivity contribution in [2.24, 2.45) is 0 Å². The summed E-state index contributed by atoms with van der Waals surface area (Å²) in [6.45, 7) is -0.778. The quantitative estimate of drug-likeness (QED) is 0.557. The average molecular weight is 364 g/mol.